The number of nitrogens with zero attached hydrogens (tertiary/aromatic N) is 6. The maximum atomic E-state index is 10.3. The molecule has 0 aromatic carbocycles. The molecule has 0 spiro atoms. The first-order valence-electron chi connectivity index (χ1n) is 7.81. The molecule has 0 bridgehead atoms. The Bertz CT molecular complexity index is 821. The second kappa shape index (κ2) is 11.5. The molecule has 2 heterocycles. The Morgan fingerprint density at radius 3 is 1.41 bits per heavy atom. The number of carbonyl (C=O) groups is 2. The van der Waals surface area contributed by atoms with Gasteiger partial charge in [-0.05, 0) is 19.8 Å². The van der Waals surface area contributed by atoms with Crippen molar-refractivity contribution in [2.45, 2.75) is 39.8 Å². The van der Waals surface area contributed by atoms with E-state index in [1.54, 1.807) is 13.8 Å². The number of aliphatic carboxylic acids is 2. The molecule has 0 amide bonds. The van der Waals surface area contributed by atoms with Crippen molar-refractivity contribution in [1.82, 2.24) is 19.1 Å². The first-order valence-corrected chi connectivity index (χ1v) is 7.81. The summed E-state index contributed by atoms with van der Waals surface area (Å²) in [6.45, 7) is 3.58. The fourth-order valence-electron chi connectivity index (χ4n) is 2.04. The summed E-state index contributed by atoms with van der Waals surface area (Å²) in [5, 5.41) is 37.5. The summed E-state index contributed by atoms with van der Waals surface area (Å²) in [6, 6.07) is 0. The monoisotopic (exact) mass is 461 g/mol. The van der Waals surface area contributed by atoms with Crippen LogP contribution in [-0.2, 0) is 39.7 Å². The Hall–Kier alpha value is -3.32. The molecule has 2 rings (SSSR count). The molecule has 0 aliphatic rings. The number of imidazole rings is 2. The Morgan fingerprint density at radius 2 is 1.21 bits per heavy atom. The molecule has 2 aromatic heterocycles. The van der Waals surface area contributed by atoms with Crippen molar-refractivity contribution in [1.29, 1.82) is 0 Å². The molecule has 0 aliphatic heterocycles. The summed E-state index contributed by atoms with van der Waals surface area (Å²) in [5.74, 6) is -1.52. The zero-order valence-electron chi connectivity index (χ0n) is 15.3. The van der Waals surface area contributed by atoms with E-state index in [-0.39, 0.29) is 54.6 Å². The van der Waals surface area contributed by atoms with Crippen LogP contribution in [0.4, 0.5) is 11.6 Å². The average Bonchev–Trinajstić information content (AvgIpc) is 3.14. The molecule has 0 atom stereocenters. The summed E-state index contributed by atoms with van der Waals surface area (Å²) >= 11 is 0. The molecule has 2 aromatic rings. The minimum atomic E-state index is -0.944. The van der Waals surface area contributed by atoms with Gasteiger partial charge >= 0.3 is 23.6 Å². The van der Waals surface area contributed by atoms with E-state index in [0.29, 0.717) is 11.6 Å². The van der Waals surface area contributed by atoms with Crippen LogP contribution in [-0.4, -0.2) is 51.1 Å². The summed E-state index contributed by atoms with van der Waals surface area (Å²) in [7, 11) is 0. The molecule has 29 heavy (non-hydrogen) atoms. The van der Waals surface area contributed by atoms with Gasteiger partial charge in [-0.1, -0.05) is 0 Å². The average molecular weight is 462 g/mol. The molecule has 0 saturated heterocycles. The summed E-state index contributed by atoms with van der Waals surface area (Å²) in [5.41, 5.74) is 0. The van der Waals surface area contributed by atoms with Crippen molar-refractivity contribution in [2.75, 3.05) is 0 Å². The van der Waals surface area contributed by atoms with Gasteiger partial charge in [0, 0.05) is 44.0 Å². The number of carboxylic acid groups (broad SMARTS) is 2. The van der Waals surface area contributed by atoms with E-state index in [1.807, 2.05) is 0 Å². The van der Waals surface area contributed by atoms with Gasteiger partial charge in [-0.25, -0.2) is 0 Å². The topological polar surface area (TPSA) is 197 Å². The standard InChI is InChI=1S/2C7H9N3O4.Cu/c2*1-5-8-6(10(13)14)4-9(5)3-2-7(11)12;/h2*4H,2-3H2,1H3,(H,11,12);. The zero-order chi connectivity index (χ0) is 21.4. The van der Waals surface area contributed by atoms with Gasteiger partial charge < -0.3 is 39.6 Å². The van der Waals surface area contributed by atoms with Gasteiger partial charge in [-0.3, -0.25) is 9.59 Å². The molecule has 0 unspecified atom stereocenters. The van der Waals surface area contributed by atoms with Crippen molar-refractivity contribution in [3.63, 3.8) is 0 Å². The van der Waals surface area contributed by atoms with E-state index in [0.717, 1.165) is 0 Å². The summed E-state index contributed by atoms with van der Waals surface area (Å²) < 4.78 is 2.90. The van der Waals surface area contributed by atoms with Crippen LogP contribution in [0.25, 0.3) is 0 Å². The van der Waals surface area contributed by atoms with Gasteiger partial charge in [-0.15, -0.1) is 0 Å². The van der Waals surface area contributed by atoms with E-state index < -0.39 is 21.8 Å². The molecule has 0 fully saturated rings. The number of carboxylic acids is 2. The van der Waals surface area contributed by atoms with Gasteiger partial charge in [0.25, 0.3) is 0 Å². The van der Waals surface area contributed by atoms with Crippen molar-refractivity contribution in [2.24, 2.45) is 0 Å². The maximum absolute atomic E-state index is 10.3. The van der Waals surface area contributed by atoms with Crippen molar-refractivity contribution < 1.29 is 46.7 Å². The third-order valence-corrected chi connectivity index (χ3v) is 3.43. The van der Waals surface area contributed by atoms with Crippen LogP contribution in [0.2, 0.25) is 0 Å². The normalized spacial score (nSPS) is 9.72. The van der Waals surface area contributed by atoms with Crippen LogP contribution in [0.5, 0.6) is 0 Å². The van der Waals surface area contributed by atoms with Crippen LogP contribution in [0.1, 0.15) is 24.5 Å². The predicted molar refractivity (Wildman–Crippen MR) is 91.7 cm³/mol. The third-order valence-electron chi connectivity index (χ3n) is 3.43. The second-order valence-corrected chi connectivity index (χ2v) is 5.48. The SMILES string of the molecule is Cc1nc([N+](=O)[O-])cn1CCC(=O)O.Cc1nc([N+](=O)[O-])cn1CCC(=O)O.[Cu]. The second-order valence-electron chi connectivity index (χ2n) is 5.48. The number of aromatic nitrogens is 4. The smallest absolute Gasteiger partial charge is 0.381 e. The van der Waals surface area contributed by atoms with Crippen molar-refractivity contribution in [3.05, 3.63) is 44.3 Å². The van der Waals surface area contributed by atoms with E-state index >= 15 is 0 Å². The number of rotatable bonds is 8. The fourth-order valence-corrected chi connectivity index (χ4v) is 2.04. The molecule has 1 radical (unpaired) electrons. The summed E-state index contributed by atoms with van der Waals surface area (Å²) in [4.78, 5) is 47.3. The number of hydrogen-bond acceptors (Lipinski definition) is 8. The third kappa shape index (κ3) is 8.48. The van der Waals surface area contributed by atoms with E-state index in [9.17, 15) is 29.8 Å². The van der Waals surface area contributed by atoms with Gasteiger partial charge in [0.15, 0.2) is 0 Å². The maximum Gasteiger partial charge on any atom is 0.381 e. The quantitative estimate of drug-likeness (QED) is 0.326. The predicted octanol–water partition coefficient (Wildman–Crippen LogP) is 1.15. The Balaban J connectivity index is 0.000000523. The van der Waals surface area contributed by atoms with Crippen LogP contribution < -0.4 is 0 Å². The van der Waals surface area contributed by atoms with Gasteiger partial charge in [0.2, 0.25) is 11.6 Å². The molecule has 15 heteroatoms. The molecular formula is C14H18CuN6O8. The fraction of sp³-hybridized carbons (Fsp3) is 0.429. The number of hydrogen-bond donors (Lipinski definition) is 2. The van der Waals surface area contributed by atoms with E-state index in [1.165, 1.54) is 21.5 Å². The largest absolute Gasteiger partial charge is 0.481 e. The minimum absolute atomic E-state index is 0. The van der Waals surface area contributed by atoms with Crippen LogP contribution in [0, 0.1) is 34.1 Å². The summed E-state index contributed by atoms with van der Waals surface area (Å²) in [6.07, 6.45) is 2.32. The molecule has 163 valence electrons. The van der Waals surface area contributed by atoms with Gasteiger partial charge in [-0.2, -0.15) is 0 Å². The van der Waals surface area contributed by atoms with Crippen LogP contribution >= 0.6 is 0 Å². The van der Waals surface area contributed by atoms with Crippen LogP contribution in [0.3, 0.4) is 0 Å². The Labute approximate surface area is 174 Å². The molecule has 2 N–H and O–H groups in total. The molecule has 0 saturated carbocycles. The number of aryl methyl sites for hydroxylation is 4. The number of nitro groups is 2. The molecular weight excluding hydrogens is 444 g/mol. The van der Waals surface area contributed by atoms with Crippen molar-refractivity contribution >= 4 is 23.6 Å². The van der Waals surface area contributed by atoms with Gasteiger partial charge in [0.1, 0.15) is 12.4 Å². The van der Waals surface area contributed by atoms with E-state index in [4.69, 9.17) is 10.2 Å². The van der Waals surface area contributed by atoms with E-state index in [2.05, 4.69) is 9.97 Å². The van der Waals surface area contributed by atoms with Crippen molar-refractivity contribution in [3.8, 4) is 0 Å². The minimum Gasteiger partial charge on any atom is -0.481 e. The van der Waals surface area contributed by atoms with Gasteiger partial charge in [0.05, 0.1) is 12.8 Å². The molecule has 14 nitrogen and oxygen atoms in total. The Kier molecular flexibility index (Phi) is 10.2. The first-order chi connectivity index (χ1) is 13.0. The molecule has 0 aliphatic carbocycles. The Morgan fingerprint density at radius 1 is 0.897 bits per heavy atom. The van der Waals surface area contributed by atoms with Crippen LogP contribution in [0.15, 0.2) is 12.4 Å². The zero-order valence-corrected chi connectivity index (χ0v) is 16.3. The first kappa shape index (κ1) is 25.7.